The summed E-state index contributed by atoms with van der Waals surface area (Å²) < 4.78 is 1.23. The molecule has 3 aromatic rings. The molecule has 1 heterocycles. The molecule has 0 saturated heterocycles. The number of hydrogen-bond donors (Lipinski definition) is 2. The molecule has 0 unspecified atom stereocenters. The van der Waals surface area contributed by atoms with Gasteiger partial charge < -0.3 is 10.6 Å². The standard InChI is InChI=1S/C18H17N3S2/c1-11-2-9-15-16(10-11)23-17(21-15)12-3-5-13(6-4-12)19-18(22)20-14-7-8-14/h2-6,9-10,14H,7-8H2,1H3,(H2,19,20,22). The number of aryl methyl sites for hydroxylation is 1. The lowest BCUT2D eigenvalue weighted by Gasteiger charge is -2.09. The maximum absolute atomic E-state index is 5.30. The predicted molar refractivity (Wildman–Crippen MR) is 102 cm³/mol. The normalized spacial score (nSPS) is 14.0. The molecule has 1 aliphatic carbocycles. The lowest BCUT2D eigenvalue weighted by molar-refractivity contribution is 0.919. The van der Waals surface area contributed by atoms with E-state index in [1.807, 2.05) is 12.1 Å². The van der Waals surface area contributed by atoms with Crippen LogP contribution >= 0.6 is 23.6 Å². The molecule has 0 bridgehead atoms. The SMILES string of the molecule is Cc1ccc2nc(-c3ccc(NC(=S)NC4CC4)cc3)sc2c1. The number of anilines is 1. The van der Waals surface area contributed by atoms with Gasteiger partial charge in [0.25, 0.3) is 0 Å². The zero-order valence-corrected chi connectivity index (χ0v) is 14.4. The Morgan fingerprint density at radius 1 is 1.17 bits per heavy atom. The van der Waals surface area contributed by atoms with Gasteiger partial charge in [0.05, 0.1) is 10.2 Å². The van der Waals surface area contributed by atoms with E-state index in [1.165, 1.54) is 23.1 Å². The summed E-state index contributed by atoms with van der Waals surface area (Å²) in [6.45, 7) is 2.11. The smallest absolute Gasteiger partial charge is 0.170 e. The van der Waals surface area contributed by atoms with E-state index in [0.29, 0.717) is 11.2 Å². The van der Waals surface area contributed by atoms with Crippen LogP contribution in [-0.2, 0) is 0 Å². The maximum atomic E-state index is 5.30. The fourth-order valence-electron chi connectivity index (χ4n) is 2.43. The minimum atomic E-state index is 0.570. The van der Waals surface area contributed by atoms with Crippen LogP contribution < -0.4 is 10.6 Å². The van der Waals surface area contributed by atoms with Crippen molar-refractivity contribution < 1.29 is 0 Å². The lowest BCUT2D eigenvalue weighted by atomic mass is 10.2. The molecule has 0 radical (unpaired) electrons. The maximum Gasteiger partial charge on any atom is 0.170 e. The Hall–Kier alpha value is -1.98. The van der Waals surface area contributed by atoms with Crippen molar-refractivity contribution in [2.45, 2.75) is 25.8 Å². The number of nitrogens with one attached hydrogen (secondary N) is 2. The van der Waals surface area contributed by atoms with Gasteiger partial charge in [-0.05, 0) is 73.9 Å². The number of benzene rings is 2. The number of rotatable bonds is 3. The van der Waals surface area contributed by atoms with Gasteiger partial charge in [0.2, 0.25) is 0 Å². The first-order valence-corrected chi connectivity index (χ1v) is 8.95. The average molecular weight is 339 g/mol. The van der Waals surface area contributed by atoms with Crippen molar-refractivity contribution in [1.29, 1.82) is 0 Å². The van der Waals surface area contributed by atoms with Crippen molar-refractivity contribution in [2.24, 2.45) is 0 Å². The summed E-state index contributed by atoms with van der Waals surface area (Å²) in [5.41, 5.74) is 4.47. The van der Waals surface area contributed by atoms with Crippen LogP contribution in [0.2, 0.25) is 0 Å². The number of fused-ring (bicyclic) bond motifs is 1. The Morgan fingerprint density at radius 3 is 2.70 bits per heavy atom. The van der Waals surface area contributed by atoms with Crippen LogP contribution in [0.4, 0.5) is 5.69 Å². The third-order valence-corrected chi connectivity index (χ3v) is 5.13. The van der Waals surface area contributed by atoms with E-state index >= 15 is 0 Å². The third kappa shape index (κ3) is 3.35. The van der Waals surface area contributed by atoms with Gasteiger partial charge in [-0.1, -0.05) is 6.07 Å². The van der Waals surface area contributed by atoms with Crippen molar-refractivity contribution in [2.75, 3.05) is 5.32 Å². The predicted octanol–water partition coefficient (Wildman–Crippen LogP) is 4.72. The molecule has 0 aliphatic heterocycles. The summed E-state index contributed by atoms with van der Waals surface area (Å²) in [6, 6.07) is 15.2. The Kier molecular flexibility index (Phi) is 3.75. The van der Waals surface area contributed by atoms with Gasteiger partial charge in [-0.15, -0.1) is 11.3 Å². The topological polar surface area (TPSA) is 37.0 Å². The molecule has 1 saturated carbocycles. The highest BCUT2D eigenvalue weighted by atomic mass is 32.1. The fraction of sp³-hybridized carbons (Fsp3) is 0.222. The van der Waals surface area contributed by atoms with E-state index in [2.05, 4.69) is 47.9 Å². The van der Waals surface area contributed by atoms with Crippen molar-refractivity contribution in [1.82, 2.24) is 10.3 Å². The van der Waals surface area contributed by atoms with Gasteiger partial charge in [0.1, 0.15) is 5.01 Å². The summed E-state index contributed by atoms with van der Waals surface area (Å²) in [7, 11) is 0. The molecular formula is C18H17N3S2. The van der Waals surface area contributed by atoms with Crippen LogP contribution in [0.15, 0.2) is 42.5 Å². The molecule has 0 amide bonds. The largest absolute Gasteiger partial charge is 0.360 e. The summed E-state index contributed by atoms with van der Waals surface area (Å²) >= 11 is 7.03. The van der Waals surface area contributed by atoms with E-state index in [1.54, 1.807) is 11.3 Å². The first-order chi connectivity index (χ1) is 11.2. The van der Waals surface area contributed by atoms with Crippen molar-refractivity contribution in [3.05, 3.63) is 48.0 Å². The van der Waals surface area contributed by atoms with Crippen LogP contribution in [0.5, 0.6) is 0 Å². The van der Waals surface area contributed by atoms with E-state index in [0.717, 1.165) is 21.8 Å². The number of hydrogen-bond acceptors (Lipinski definition) is 3. The van der Waals surface area contributed by atoms with E-state index in [4.69, 9.17) is 17.2 Å². The van der Waals surface area contributed by atoms with E-state index < -0.39 is 0 Å². The van der Waals surface area contributed by atoms with E-state index in [-0.39, 0.29) is 0 Å². The molecule has 0 spiro atoms. The van der Waals surface area contributed by atoms with Crippen LogP contribution in [0.25, 0.3) is 20.8 Å². The van der Waals surface area contributed by atoms with Crippen LogP contribution in [0.3, 0.4) is 0 Å². The first kappa shape index (κ1) is 14.6. The van der Waals surface area contributed by atoms with Gasteiger partial charge >= 0.3 is 0 Å². The molecular weight excluding hydrogens is 322 g/mol. The highest BCUT2D eigenvalue weighted by Gasteiger charge is 2.21. The Bertz CT molecular complexity index is 864. The summed E-state index contributed by atoms with van der Waals surface area (Å²) in [5.74, 6) is 0. The molecule has 1 aromatic heterocycles. The second-order valence-corrected chi connectivity index (χ2v) is 7.38. The molecule has 3 nitrogen and oxygen atoms in total. The van der Waals surface area contributed by atoms with E-state index in [9.17, 15) is 0 Å². The highest BCUT2D eigenvalue weighted by Crippen LogP contribution is 2.31. The van der Waals surface area contributed by atoms with Gasteiger partial charge in [-0.2, -0.15) is 0 Å². The summed E-state index contributed by atoms with van der Waals surface area (Å²) in [5, 5.41) is 8.27. The van der Waals surface area contributed by atoms with Crippen molar-refractivity contribution >= 4 is 44.6 Å². The number of thiocarbonyl (C=S) groups is 1. The van der Waals surface area contributed by atoms with Gasteiger partial charge in [0, 0.05) is 17.3 Å². The molecule has 5 heteroatoms. The quantitative estimate of drug-likeness (QED) is 0.677. The highest BCUT2D eigenvalue weighted by molar-refractivity contribution is 7.80. The Balaban J connectivity index is 1.52. The number of thiazole rings is 1. The Morgan fingerprint density at radius 2 is 1.96 bits per heavy atom. The van der Waals surface area contributed by atoms with Gasteiger partial charge in [0.15, 0.2) is 5.11 Å². The zero-order valence-electron chi connectivity index (χ0n) is 12.8. The zero-order chi connectivity index (χ0) is 15.8. The minimum Gasteiger partial charge on any atom is -0.360 e. The molecule has 4 rings (SSSR count). The first-order valence-electron chi connectivity index (χ1n) is 7.72. The van der Waals surface area contributed by atoms with Crippen LogP contribution in [0.1, 0.15) is 18.4 Å². The van der Waals surface area contributed by atoms with Crippen LogP contribution in [0, 0.1) is 6.92 Å². The molecule has 1 fully saturated rings. The average Bonchev–Trinajstić information content (AvgIpc) is 3.24. The third-order valence-electron chi connectivity index (χ3n) is 3.85. The fourth-order valence-corrected chi connectivity index (χ4v) is 3.79. The molecule has 0 atom stereocenters. The molecule has 23 heavy (non-hydrogen) atoms. The number of aromatic nitrogens is 1. The van der Waals surface area contributed by atoms with Gasteiger partial charge in [-0.3, -0.25) is 0 Å². The minimum absolute atomic E-state index is 0.570. The van der Waals surface area contributed by atoms with Crippen molar-refractivity contribution in [3.8, 4) is 10.6 Å². The second-order valence-electron chi connectivity index (χ2n) is 5.94. The summed E-state index contributed by atoms with van der Waals surface area (Å²) in [6.07, 6.45) is 2.44. The molecule has 2 N–H and O–H groups in total. The Labute approximate surface area is 144 Å². The van der Waals surface area contributed by atoms with Crippen LogP contribution in [-0.4, -0.2) is 16.1 Å². The molecule has 1 aliphatic rings. The van der Waals surface area contributed by atoms with Crippen molar-refractivity contribution in [3.63, 3.8) is 0 Å². The summed E-state index contributed by atoms with van der Waals surface area (Å²) in [4.78, 5) is 4.72. The monoisotopic (exact) mass is 339 g/mol. The lowest BCUT2D eigenvalue weighted by Crippen LogP contribution is -2.30. The number of nitrogens with zero attached hydrogens (tertiary/aromatic N) is 1. The molecule has 2 aromatic carbocycles. The van der Waals surface area contributed by atoms with Gasteiger partial charge in [-0.25, -0.2) is 4.98 Å². The second kappa shape index (κ2) is 5.91. The molecule has 116 valence electrons.